The molecule has 0 spiro atoms. The Morgan fingerprint density at radius 3 is 2.75 bits per heavy atom. The molecule has 0 bridgehead atoms. The van der Waals surface area contributed by atoms with Crippen LogP contribution in [-0.4, -0.2) is 37.3 Å². The second-order valence-electron chi connectivity index (χ2n) is 5.12. The van der Waals surface area contributed by atoms with Gasteiger partial charge in [-0.2, -0.15) is 12.7 Å². The van der Waals surface area contributed by atoms with Crippen molar-refractivity contribution in [2.75, 3.05) is 19.6 Å². The summed E-state index contributed by atoms with van der Waals surface area (Å²) in [6.45, 7) is 1.71. The van der Waals surface area contributed by atoms with Gasteiger partial charge in [0.2, 0.25) is 0 Å². The van der Waals surface area contributed by atoms with Crippen molar-refractivity contribution >= 4 is 21.1 Å². The number of aromatic amines is 1. The number of nitrogens with zero attached hydrogens (tertiary/aromatic N) is 1. The monoisotopic (exact) mass is 293 g/mol. The molecule has 0 saturated carbocycles. The van der Waals surface area contributed by atoms with E-state index in [9.17, 15) is 8.42 Å². The molecule has 1 aromatic carbocycles. The number of rotatable bonds is 5. The summed E-state index contributed by atoms with van der Waals surface area (Å²) in [5.41, 5.74) is 2.23. The number of hydrogen-bond donors (Lipinski definition) is 2. The number of H-pyrrole nitrogens is 1. The molecule has 20 heavy (non-hydrogen) atoms. The largest absolute Gasteiger partial charge is 0.361 e. The number of nitrogens with one attached hydrogen (secondary N) is 2. The van der Waals surface area contributed by atoms with E-state index in [1.807, 2.05) is 24.4 Å². The van der Waals surface area contributed by atoms with Crippen LogP contribution in [0.4, 0.5) is 0 Å². The van der Waals surface area contributed by atoms with Gasteiger partial charge < -0.3 is 4.98 Å². The zero-order valence-corrected chi connectivity index (χ0v) is 12.1. The summed E-state index contributed by atoms with van der Waals surface area (Å²) in [6.07, 6.45) is 4.57. The molecule has 1 aromatic heterocycles. The summed E-state index contributed by atoms with van der Waals surface area (Å²) in [4.78, 5) is 3.20. The molecule has 1 saturated heterocycles. The molecular weight excluding hydrogens is 274 g/mol. The van der Waals surface area contributed by atoms with Gasteiger partial charge in [-0.05, 0) is 30.9 Å². The van der Waals surface area contributed by atoms with Crippen molar-refractivity contribution in [2.24, 2.45) is 0 Å². The van der Waals surface area contributed by atoms with Crippen LogP contribution in [0, 0.1) is 0 Å². The van der Waals surface area contributed by atoms with Crippen LogP contribution in [0.1, 0.15) is 18.4 Å². The maximum Gasteiger partial charge on any atom is 0.279 e. The van der Waals surface area contributed by atoms with Crippen molar-refractivity contribution in [3.63, 3.8) is 0 Å². The summed E-state index contributed by atoms with van der Waals surface area (Å²) in [7, 11) is -3.29. The van der Waals surface area contributed by atoms with Crippen LogP contribution < -0.4 is 4.72 Å². The average Bonchev–Trinajstić information content (AvgIpc) is 3.08. The van der Waals surface area contributed by atoms with E-state index in [2.05, 4.69) is 15.8 Å². The Kier molecular flexibility index (Phi) is 3.78. The number of benzene rings is 1. The van der Waals surface area contributed by atoms with Crippen LogP contribution in [0.15, 0.2) is 30.5 Å². The quantitative estimate of drug-likeness (QED) is 0.880. The lowest BCUT2D eigenvalue weighted by Crippen LogP contribution is -2.39. The molecule has 108 valence electrons. The lowest BCUT2D eigenvalue weighted by atomic mass is 10.1. The standard InChI is InChI=1S/C14H19N3O2S/c18-20(19,17-9-3-4-10-17)16-8-7-12-11-15-14-6-2-1-5-13(12)14/h1-2,5-6,11,15-16H,3-4,7-10H2. The molecule has 1 fully saturated rings. The molecule has 1 aliphatic rings. The Balaban J connectivity index is 1.62. The molecule has 0 unspecified atom stereocenters. The molecule has 5 nitrogen and oxygen atoms in total. The molecule has 0 aliphatic carbocycles. The third-order valence-electron chi connectivity index (χ3n) is 3.76. The van der Waals surface area contributed by atoms with Crippen LogP contribution >= 0.6 is 0 Å². The Labute approximate surface area is 119 Å². The van der Waals surface area contributed by atoms with E-state index in [0.29, 0.717) is 26.1 Å². The second kappa shape index (κ2) is 5.55. The van der Waals surface area contributed by atoms with Gasteiger partial charge >= 0.3 is 0 Å². The van der Waals surface area contributed by atoms with E-state index in [0.717, 1.165) is 29.3 Å². The van der Waals surface area contributed by atoms with E-state index in [4.69, 9.17) is 0 Å². The first kappa shape index (κ1) is 13.6. The summed E-state index contributed by atoms with van der Waals surface area (Å²) in [6, 6.07) is 8.05. The predicted octanol–water partition coefficient (Wildman–Crippen LogP) is 1.64. The van der Waals surface area contributed by atoms with E-state index in [-0.39, 0.29) is 0 Å². The molecule has 1 aliphatic heterocycles. The number of hydrogen-bond acceptors (Lipinski definition) is 2. The Bertz CT molecular complexity index is 687. The lowest BCUT2D eigenvalue weighted by molar-refractivity contribution is 0.465. The Morgan fingerprint density at radius 2 is 1.95 bits per heavy atom. The van der Waals surface area contributed by atoms with Gasteiger partial charge in [0.05, 0.1) is 0 Å². The minimum atomic E-state index is -3.29. The van der Waals surface area contributed by atoms with Gasteiger partial charge in [-0.1, -0.05) is 18.2 Å². The minimum absolute atomic E-state index is 0.431. The first-order valence-corrected chi connectivity index (χ1v) is 8.40. The van der Waals surface area contributed by atoms with Gasteiger partial charge in [0.25, 0.3) is 10.2 Å². The second-order valence-corrected chi connectivity index (χ2v) is 6.87. The highest BCUT2D eigenvalue weighted by atomic mass is 32.2. The maximum atomic E-state index is 12.0. The summed E-state index contributed by atoms with van der Waals surface area (Å²) < 4.78 is 28.3. The van der Waals surface area contributed by atoms with Crippen LogP contribution in [0.25, 0.3) is 10.9 Å². The lowest BCUT2D eigenvalue weighted by Gasteiger charge is -2.15. The highest BCUT2D eigenvalue weighted by Crippen LogP contribution is 2.18. The summed E-state index contributed by atoms with van der Waals surface area (Å²) >= 11 is 0. The number of aromatic nitrogens is 1. The molecule has 3 rings (SSSR count). The fraction of sp³-hybridized carbons (Fsp3) is 0.429. The van der Waals surface area contributed by atoms with Crippen molar-refractivity contribution in [3.05, 3.63) is 36.0 Å². The summed E-state index contributed by atoms with van der Waals surface area (Å²) in [5.74, 6) is 0. The fourth-order valence-corrected chi connectivity index (χ4v) is 3.95. The topological polar surface area (TPSA) is 65.2 Å². The van der Waals surface area contributed by atoms with Gasteiger partial charge in [0.15, 0.2) is 0 Å². The predicted molar refractivity (Wildman–Crippen MR) is 79.7 cm³/mol. The normalized spacial score (nSPS) is 17.0. The zero-order valence-electron chi connectivity index (χ0n) is 11.3. The van der Waals surface area contributed by atoms with E-state index >= 15 is 0 Å². The van der Waals surface area contributed by atoms with Gasteiger partial charge in [-0.3, -0.25) is 0 Å². The molecule has 2 heterocycles. The molecule has 6 heteroatoms. The SMILES string of the molecule is O=S(=O)(NCCc1c[nH]c2ccccc12)N1CCCC1. The summed E-state index contributed by atoms with van der Waals surface area (Å²) in [5, 5.41) is 1.16. The van der Waals surface area contributed by atoms with Crippen molar-refractivity contribution in [2.45, 2.75) is 19.3 Å². The third kappa shape index (κ3) is 2.72. The molecule has 0 atom stereocenters. The minimum Gasteiger partial charge on any atom is -0.361 e. The average molecular weight is 293 g/mol. The van der Waals surface area contributed by atoms with E-state index < -0.39 is 10.2 Å². The van der Waals surface area contributed by atoms with Crippen molar-refractivity contribution < 1.29 is 8.42 Å². The Hall–Kier alpha value is -1.37. The van der Waals surface area contributed by atoms with Crippen LogP contribution in [-0.2, 0) is 16.6 Å². The van der Waals surface area contributed by atoms with Crippen molar-refractivity contribution in [3.8, 4) is 0 Å². The van der Waals surface area contributed by atoms with E-state index in [1.165, 1.54) is 4.31 Å². The fourth-order valence-electron chi connectivity index (χ4n) is 2.67. The zero-order chi connectivity index (χ0) is 14.0. The molecule has 0 radical (unpaired) electrons. The Morgan fingerprint density at radius 1 is 1.20 bits per heavy atom. The molecule has 0 amide bonds. The maximum absolute atomic E-state index is 12.0. The first-order chi connectivity index (χ1) is 9.67. The van der Waals surface area contributed by atoms with Gasteiger partial charge in [0, 0.05) is 36.7 Å². The van der Waals surface area contributed by atoms with Crippen molar-refractivity contribution in [1.82, 2.24) is 14.0 Å². The van der Waals surface area contributed by atoms with Crippen LogP contribution in [0.3, 0.4) is 0 Å². The number of para-hydroxylation sites is 1. The van der Waals surface area contributed by atoms with Gasteiger partial charge in [0.1, 0.15) is 0 Å². The first-order valence-electron chi connectivity index (χ1n) is 6.96. The van der Waals surface area contributed by atoms with Gasteiger partial charge in [-0.15, -0.1) is 0 Å². The molecular formula is C14H19N3O2S. The molecule has 2 N–H and O–H groups in total. The van der Waals surface area contributed by atoms with Crippen molar-refractivity contribution in [1.29, 1.82) is 0 Å². The number of fused-ring (bicyclic) bond motifs is 1. The van der Waals surface area contributed by atoms with Crippen LogP contribution in [0.2, 0.25) is 0 Å². The highest BCUT2D eigenvalue weighted by Gasteiger charge is 2.24. The molecule has 2 aromatic rings. The highest BCUT2D eigenvalue weighted by molar-refractivity contribution is 7.87. The van der Waals surface area contributed by atoms with E-state index in [1.54, 1.807) is 0 Å². The smallest absolute Gasteiger partial charge is 0.279 e. The third-order valence-corrected chi connectivity index (χ3v) is 5.37. The van der Waals surface area contributed by atoms with Crippen LogP contribution in [0.5, 0.6) is 0 Å². The van der Waals surface area contributed by atoms with Gasteiger partial charge in [-0.25, -0.2) is 4.72 Å².